The molecule has 21 heavy (non-hydrogen) atoms. The smallest absolute Gasteiger partial charge is 0.226 e. The molecule has 0 saturated heterocycles. The van der Waals surface area contributed by atoms with Crippen LogP contribution >= 0.6 is 0 Å². The summed E-state index contributed by atoms with van der Waals surface area (Å²) >= 11 is 0. The van der Waals surface area contributed by atoms with Crippen molar-refractivity contribution >= 4 is 11.6 Å². The van der Waals surface area contributed by atoms with Gasteiger partial charge in [0.1, 0.15) is 5.82 Å². The first kappa shape index (κ1) is 13.8. The fourth-order valence-corrected chi connectivity index (χ4v) is 2.61. The molecule has 1 aliphatic carbocycles. The second kappa shape index (κ2) is 5.29. The van der Waals surface area contributed by atoms with Crippen LogP contribution < -0.4 is 11.1 Å². The zero-order chi connectivity index (χ0) is 14.9. The Morgan fingerprint density at radius 1 is 1.43 bits per heavy atom. The van der Waals surface area contributed by atoms with Crippen molar-refractivity contribution < 1.29 is 4.79 Å². The molecule has 0 atom stereocenters. The van der Waals surface area contributed by atoms with Crippen LogP contribution in [0.5, 0.6) is 0 Å². The van der Waals surface area contributed by atoms with E-state index in [0.717, 1.165) is 25.1 Å². The highest BCUT2D eigenvalue weighted by Crippen LogP contribution is 2.32. The Kier molecular flexibility index (Phi) is 3.47. The number of rotatable bonds is 4. The number of anilines is 1. The van der Waals surface area contributed by atoms with Crippen LogP contribution in [0.25, 0.3) is 5.82 Å². The third-order valence-electron chi connectivity index (χ3n) is 3.98. The highest BCUT2D eigenvalue weighted by atomic mass is 16.1. The number of amides is 1. The van der Waals surface area contributed by atoms with E-state index in [-0.39, 0.29) is 11.4 Å². The highest BCUT2D eigenvalue weighted by Gasteiger charge is 2.34. The maximum absolute atomic E-state index is 12.2. The Balaban J connectivity index is 1.80. The summed E-state index contributed by atoms with van der Waals surface area (Å²) in [5.41, 5.74) is 6.47. The van der Waals surface area contributed by atoms with Crippen LogP contribution in [0.3, 0.4) is 0 Å². The molecular formula is C15H19N5O. The number of carbonyl (C=O) groups is 1. The number of nitrogens with one attached hydrogen (secondary N) is 1. The summed E-state index contributed by atoms with van der Waals surface area (Å²) in [7, 11) is 0. The van der Waals surface area contributed by atoms with Gasteiger partial charge in [-0.3, -0.25) is 9.36 Å². The largest absolute Gasteiger partial charge is 0.325 e. The van der Waals surface area contributed by atoms with Crippen LogP contribution in [0, 0.1) is 6.92 Å². The molecule has 0 radical (unpaired) electrons. The number of imidazole rings is 1. The van der Waals surface area contributed by atoms with Gasteiger partial charge in [-0.2, -0.15) is 0 Å². The van der Waals surface area contributed by atoms with E-state index >= 15 is 0 Å². The number of hydrogen-bond acceptors (Lipinski definition) is 4. The van der Waals surface area contributed by atoms with Crippen LogP contribution in [0.1, 0.15) is 31.5 Å². The van der Waals surface area contributed by atoms with Gasteiger partial charge in [0, 0.05) is 30.6 Å². The number of aryl methyl sites for hydroxylation is 1. The molecule has 3 rings (SSSR count). The average molecular weight is 285 g/mol. The van der Waals surface area contributed by atoms with Gasteiger partial charge >= 0.3 is 0 Å². The average Bonchev–Trinajstić information content (AvgIpc) is 2.83. The zero-order valence-corrected chi connectivity index (χ0v) is 12.0. The monoisotopic (exact) mass is 285 g/mol. The van der Waals surface area contributed by atoms with Crippen molar-refractivity contribution in [3.05, 3.63) is 36.5 Å². The summed E-state index contributed by atoms with van der Waals surface area (Å²) in [4.78, 5) is 20.7. The number of nitrogens with zero attached hydrogens (tertiary/aromatic N) is 3. The van der Waals surface area contributed by atoms with Gasteiger partial charge in [-0.15, -0.1) is 0 Å². The molecule has 6 heteroatoms. The lowest BCUT2D eigenvalue weighted by atomic mass is 9.75. The second-order valence-corrected chi connectivity index (χ2v) is 5.66. The first-order valence-corrected chi connectivity index (χ1v) is 7.11. The van der Waals surface area contributed by atoms with Gasteiger partial charge in [-0.25, -0.2) is 9.97 Å². The van der Waals surface area contributed by atoms with Crippen molar-refractivity contribution in [1.29, 1.82) is 0 Å². The first-order valence-electron chi connectivity index (χ1n) is 7.11. The van der Waals surface area contributed by atoms with E-state index in [9.17, 15) is 4.79 Å². The Hall–Kier alpha value is -2.21. The normalized spacial score (nSPS) is 16.3. The molecule has 3 N–H and O–H groups in total. The van der Waals surface area contributed by atoms with Crippen LogP contribution in [0.2, 0.25) is 0 Å². The Morgan fingerprint density at radius 3 is 2.86 bits per heavy atom. The van der Waals surface area contributed by atoms with Gasteiger partial charge in [0.15, 0.2) is 5.82 Å². The standard InChI is InChI=1S/C15H19N5O/c1-11-17-8-9-20(11)14-12(4-2-7-18-14)19-13(21)10-15(16)5-3-6-15/h2,4,7-9H,3,5-6,10,16H2,1H3,(H,19,21). The molecule has 2 aromatic heterocycles. The van der Waals surface area contributed by atoms with Gasteiger partial charge in [0.2, 0.25) is 5.91 Å². The van der Waals surface area contributed by atoms with Gasteiger partial charge < -0.3 is 11.1 Å². The third-order valence-corrected chi connectivity index (χ3v) is 3.98. The zero-order valence-electron chi connectivity index (χ0n) is 12.0. The molecule has 1 saturated carbocycles. The molecule has 110 valence electrons. The quantitative estimate of drug-likeness (QED) is 0.896. The van der Waals surface area contributed by atoms with Crippen molar-refractivity contribution in [2.45, 2.75) is 38.1 Å². The lowest BCUT2D eigenvalue weighted by molar-refractivity contribution is -0.118. The van der Waals surface area contributed by atoms with Crippen molar-refractivity contribution in [2.24, 2.45) is 5.73 Å². The summed E-state index contributed by atoms with van der Waals surface area (Å²) in [6, 6.07) is 3.64. The molecular weight excluding hydrogens is 266 g/mol. The predicted octanol–water partition coefficient (Wildman–Crippen LogP) is 1.79. The first-order chi connectivity index (χ1) is 10.1. The molecule has 2 aromatic rings. The number of nitrogens with two attached hydrogens (primary N) is 1. The van der Waals surface area contributed by atoms with E-state index < -0.39 is 0 Å². The molecule has 6 nitrogen and oxygen atoms in total. The molecule has 2 heterocycles. The lowest BCUT2D eigenvalue weighted by Crippen LogP contribution is -2.49. The molecule has 0 unspecified atom stereocenters. The third kappa shape index (κ3) is 2.80. The van der Waals surface area contributed by atoms with Gasteiger partial charge in [-0.1, -0.05) is 0 Å². The van der Waals surface area contributed by atoms with E-state index in [1.807, 2.05) is 23.8 Å². The molecule has 0 aromatic carbocycles. The number of aromatic nitrogens is 3. The molecule has 0 aliphatic heterocycles. The minimum absolute atomic E-state index is 0.0655. The van der Waals surface area contributed by atoms with E-state index in [0.29, 0.717) is 17.9 Å². The van der Waals surface area contributed by atoms with Crippen LogP contribution in [0.15, 0.2) is 30.7 Å². The fraction of sp³-hybridized carbons (Fsp3) is 0.400. The minimum Gasteiger partial charge on any atom is -0.325 e. The van der Waals surface area contributed by atoms with Crippen molar-refractivity contribution in [3.63, 3.8) is 0 Å². The van der Waals surface area contributed by atoms with E-state index in [4.69, 9.17) is 5.73 Å². The highest BCUT2D eigenvalue weighted by molar-refractivity contribution is 5.93. The summed E-state index contributed by atoms with van der Waals surface area (Å²) in [5, 5.41) is 2.92. The number of carbonyl (C=O) groups excluding carboxylic acids is 1. The van der Waals surface area contributed by atoms with E-state index in [1.54, 1.807) is 18.5 Å². The van der Waals surface area contributed by atoms with Gasteiger partial charge in [-0.05, 0) is 38.3 Å². The van der Waals surface area contributed by atoms with Crippen molar-refractivity contribution in [3.8, 4) is 5.82 Å². The van der Waals surface area contributed by atoms with Crippen molar-refractivity contribution in [1.82, 2.24) is 14.5 Å². The summed E-state index contributed by atoms with van der Waals surface area (Å²) in [5.74, 6) is 1.42. The molecule has 1 fully saturated rings. The van der Waals surface area contributed by atoms with E-state index in [1.165, 1.54) is 0 Å². The molecule has 1 aliphatic rings. The second-order valence-electron chi connectivity index (χ2n) is 5.66. The Bertz CT molecular complexity index is 660. The van der Waals surface area contributed by atoms with Crippen LogP contribution in [-0.4, -0.2) is 26.0 Å². The fourth-order valence-electron chi connectivity index (χ4n) is 2.61. The summed E-state index contributed by atoms with van der Waals surface area (Å²) in [6.07, 6.45) is 8.52. The maximum Gasteiger partial charge on any atom is 0.226 e. The molecule has 1 amide bonds. The summed E-state index contributed by atoms with van der Waals surface area (Å²) < 4.78 is 1.84. The minimum atomic E-state index is -0.322. The maximum atomic E-state index is 12.2. The topological polar surface area (TPSA) is 85.8 Å². The number of hydrogen-bond donors (Lipinski definition) is 2. The van der Waals surface area contributed by atoms with Crippen molar-refractivity contribution in [2.75, 3.05) is 5.32 Å². The van der Waals surface area contributed by atoms with E-state index in [2.05, 4.69) is 15.3 Å². The Labute approximate surface area is 123 Å². The predicted molar refractivity (Wildman–Crippen MR) is 80.1 cm³/mol. The van der Waals surface area contributed by atoms with Crippen LogP contribution in [0.4, 0.5) is 5.69 Å². The Morgan fingerprint density at radius 2 is 2.24 bits per heavy atom. The lowest BCUT2D eigenvalue weighted by Gasteiger charge is -2.37. The summed E-state index contributed by atoms with van der Waals surface area (Å²) in [6.45, 7) is 1.89. The molecule has 0 spiro atoms. The van der Waals surface area contributed by atoms with Crippen LogP contribution in [-0.2, 0) is 4.79 Å². The SMILES string of the molecule is Cc1nccn1-c1ncccc1NC(=O)CC1(N)CCC1. The van der Waals surface area contributed by atoms with Gasteiger partial charge in [0.05, 0.1) is 5.69 Å². The molecule has 0 bridgehead atoms. The van der Waals surface area contributed by atoms with Gasteiger partial charge in [0.25, 0.3) is 0 Å². The number of pyridine rings is 1.